The molecular formula is C33H57NO28. The van der Waals surface area contributed by atoms with E-state index in [0.29, 0.717) is 0 Å². The van der Waals surface area contributed by atoms with Gasteiger partial charge in [0.25, 0.3) is 5.79 Å². The molecule has 5 aliphatic rings. The summed E-state index contributed by atoms with van der Waals surface area (Å²) in [5.41, 5.74) is 6.41. The molecule has 5 fully saturated rings. The summed E-state index contributed by atoms with van der Waals surface area (Å²) in [6.07, 6.45) is -49.5. The van der Waals surface area contributed by atoms with Gasteiger partial charge in [-0.15, -0.1) is 0 Å². The molecule has 29 nitrogen and oxygen atoms in total. The maximum atomic E-state index is 13.1. The molecule has 5 saturated heterocycles. The number of carboxylic acid groups (broad SMARTS) is 1. The van der Waals surface area contributed by atoms with Crippen LogP contribution in [-0.4, -0.2) is 290 Å². The Labute approximate surface area is 349 Å². The van der Waals surface area contributed by atoms with Crippen molar-refractivity contribution in [3.05, 3.63) is 0 Å². The molecule has 0 spiro atoms. The first kappa shape index (κ1) is 51.4. The van der Waals surface area contributed by atoms with Crippen molar-refractivity contribution in [2.24, 2.45) is 5.73 Å². The van der Waals surface area contributed by atoms with Gasteiger partial charge in [0.2, 0.25) is 0 Å². The minimum Gasteiger partial charge on any atom is -0.477 e. The van der Waals surface area contributed by atoms with Crippen LogP contribution in [-0.2, 0) is 47.4 Å². The Kier molecular flexibility index (Phi) is 17.7. The normalized spacial score (nSPS) is 50.2. The van der Waals surface area contributed by atoms with Crippen molar-refractivity contribution in [2.45, 2.75) is 165 Å². The Bertz CT molecular complexity index is 1420. The van der Waals surface area contributed by atoms with Gasteiger partial charge in [-0.05, 0) is 0 Å². The largest absolute Gasteiger partial charge is 0.477 e. The fraction of sp³-hybridized carbons (Fsp3) is 0.970. The number of nitrogens with two attached hydrogens (primary N) is 1. The second-order valence-corrected chi connectivity index (χ2v) is 15.5. The van der Waals surface area contributed by atoms with E-state index in [1.54, 1.807) is 0 Å². The third kappa shape index (κ3) is 10.2. The lowest BCUT2D eigenvalue weighted by atomic mass is 9.90. The molecule has 0 aromatic carbocycles. The van der Waals surface area contributed by atoms with Crippen molar-refractivity contribution < 1.29 is 139 Å². The number of hydrogen-bond donors (Lipinski definition) is 19. The number of hydrogen-bond acceptors (Lipinski definition) is 28. The average molecular weight is 916 g/mol. The van der Waals surface area contributed by atoms with Gasteiger partial charge < -0.3 is 140 Å². The van der Waals surface area contributed by atoms with Gasteiger partial charge in [0, 0.05) is 6.42 Å². The van der Waals surface area contributed by atoms with Crippen LogP contribution < -0.4 is 5.73 Å². The molecule has 26 atom stereocenters. The highest BCUT2D eigenvalue weighted by molar-refractivity contribution is 5.76. The SMILES string of the molecule is N[C@H]1[C@H](O[C@@H]2[C@H](O[C@]3(C(=O)O)C[C@H](O)[C@@H](O)[C@H]([C@H](O)[C@H](O)CO)O3)[C@@H](O)[C@H](O[C@H]3[C@H](O)[C@@H](O)C(O)O[C@@H]3CO)O[C@@H]2CO)O[C@H](CO)[C@H](O)[C@@H]1O[C@@H]1O[C@H](CO)[C@H](O)[C@H](O)[C@H]1O. The maximum Gasteiger partial charge on any atom is 0.364 e. The topological polar surface area (TPSA) is 490 Å². The van der Waals surface area contributed by atoms with Crippen LogP contribution >= 0.6 is 0 Å². The minimum atomic E-state index is -3.27. The predicted molar refractivity (Wildman–Crippen MR) is 186 cm³/mol. The first-order chi connectivity index (χ1) is 29.2. The second kappa shape index (κ2) is 21.3. The quantitative estimate of drug-likeness (QED) is 0.0683. The molecule has 5 aliphatic heterocycles. The fourth-order valence-electron chi connectivity index (χ4n) is 7.75. The summed E-state index contributed by atoms with van der Waals surface area (Å²) >= 11 is 0. The molecule has 0 amide bonds. The molecule has 0 radical (unpaired) electrons. The highest BCUT2D eigenvalue weighted by Crippen LogP contribution is 2.40. The molecule has 362 valence electrons. The number of aliphatic carboxylic acids is 1. The van der Waals surface area contributed by atoms with E-state index >= 15 is 0 Å². The average Bonchev–Trinajstić information content (AvgIpc) is 3.25. The number of aliphatic hydroxyl groups excluding tert-OH is 17. The van der Waals surface area contributed by atoms with Crippen LogP contribution in [0.15, 0.2) is 0 Å². The Hall–Kier alpha value is -1.61. The van der Waals surface area contributed by atoms with Crippen molar-refractivity contribution in [3.63, 3.8) is 0 Å². The molecule has 1 unspecified atom stereocenters. The van der Waals surface area contributed by atoms with Crippen LogP contribution in [0.5, 0.6) is 0 Å². The van der Waals surface area contributed by atoms with Crippen LogP contribution in [0.4, 0.5) is 0 Å². The van der Waals surface area contributed by atoms with E-state index in [1.807, 2.05) is 0 Å². The van der Waals surface area contributed by atoms with Crippen LogP contribution in [0.2, 0.25) is 0 Å². The summed E-state index contributed by atoms with van der Waals surface area (Å²) in [4.78, 5) is 13.1. The summed E-state index contributed by atoms with van der Waals surface area (Å²) in [7, 11) is 0. The maximum absolute atomic E-state index is 13.1. The lowest BCUT2D eigenvalue weighted by molar-refractivity contribution is -0.405. The smallest absolute Gasteiger partial charge is 0.364 e. The first-order valence-corrected chi connectivity index (χ1v) is 19.3. The second-order valence-electron chi connectivity index (χ2n) is 15.5. The monoisotopic (exact) mass is 915 g/mol. The van der Waals surface area contributed by atoms with Gasteiger partial charge in [0.1, 0.15) is 116 Å². The van der Waals surface area contributed by atoms with E-state index in [4.69, 9.17) is 48.4 Å². The third-order valence-corrected chi connectivity index (χ3v) is 11.4. The Balaban J connectivity index is 1.53. The van der Waals surface area contributed by atoms with Crippen LogP contribution in [0, 0.1) is 0 Å². The van der Waals surface area contributed by atoms with E-state index in [-0.39, 0.29) is 0 Å². The van der Waals surface area contributed by atoms with Crippen LogP contribution in [0.25, 0.3) is 0 Å². The molecule has 0 aromatic rings. The number of ether oxygens (including phenoxy) is 9. The van der Waals surface area contributed by atoms with Crippen molar-refractivity contribution in [1.29, 1.82) is 0 Å². The van der Waals surface area contributed by atoms with E-state index in [0.717, 1.165) is 0 Å². The number of carboxylic acids is 1. The molecule has 20 N–H and O–H groups in total. The molecule has 0 saturated carbocycles. The summed E-state index contributed by atoms with van der Waals surface area (Å²) in [6.45, 7) is -5.20. The predicted octanol–water partition coefficient (Wildman–Crippen LogP) is -12.8. The minimum absolute atomic E-state index is 0.883. The van der Waals surface area contributed by atoms with Gasteiger partial charge in [-0.1, -0.05) is 0 Å². The number of aliphatic hydroxyl groups is 17. The summed E-state index contributed by atoms with van der Waals surface area (Å²) in [5, 5.41) is 188. The number of rotatable bonds is 16. The van der Waals surface area contributed by atoms with E-state index in [1.165, 1.54) is 0 Å². The zero-order valence-corrected chi connectivity index (χ0v) is 32.4. The van der Waals surface area contributed by atoms with Crippen LogP contribution in [0.3, 0.4) is 0 Å². The first-order valence-electron chi connectivity index (χ1n) is 19.3. The van der Waals surface area contributed by atoms with Crippen molar-refractivity contribution in [2.75, 3.05) is 33.0 Å². The number of carbonyl (C=O) groups is 1. The van der Waals surface area contributed by atoms with Gasteiger partial charge in [-0.2, -0.15) is 0 Å². The summed E-state index contributed by atoms with van der Waals surface area (Å²) < 4.78 is 50.6. The third-order valence-electron chi connectivity index (χ3n) is 11.4. The molecule has 0 aliphatic carbocycles. The molecule has 0 bridgehead atoms. The molecule has 0 aromatic heterocycles. The fourth-order valence-corrected chi connectivity index (χ4v) is 7.75. The van der Waals surface area contributed by atoms with Gasteiger partial charge >= 0.3 is 5.97 Å². The van der Waals surface area contributed by atoms with Crippen molar-refractivity contribution in [3.8, 4) is 0 Å². The lowest BCUT2D eigenvalue weighted by Gasteiger charge is -2.52. The van der Waals surface area contributed by atoms with Gasteiger partial charge in [-0.3, -0.25) is 0 Å². The van der Waals surface area contributed by atoms with Crippen molar-refractivity contribution >= 4 is 5.97 Å². The van der Waals surface area contributed by atoms with Gasteiger partial charge in [-0.25, -0.2) is 4.79 Å². The van der Waals surface area contributed by atoms with Gasteiger partial charge in [0.05, 0.1) is 45.2 Å². The molecule has 5 heterocycles. The Morgan fingerprint density at radius 1 is 0.581 bits per heavy atom. The Morgan fingerprint density at radius 3 is 1.68 bits per heavy atom. The molecular weight excluding hydrogens is 858 g/mol. The zero-order valence-electron chi connectivity index (χ0n) is 32.4. The van der Waals surface area contributed by atoms with E-state index < -0.39 is 204 Å². The highest BCUT2D eigenvalue weighted by Gasteiger charge is 2.61. The summed E-state index contributed by atoms with van der Waals surface area (Å²) in [5.74, 6) is -5.39. The zero-order chi connectivity index (χ0) is 46.1. The highest BCUT2D eigenvalue weighted by atomic mass is 16.8. The lowest BCUT2D eigenvalue weighted by Crippen LogP contribution is -2.71. The molecule has 62 heavy (non-hydrogen) atoms. The van der Waals surface area contributed by atoms with Crippen LogP contribution in [0.1, 0.15) is 6.42 Å². The Morgan fingerprint density at radius 2 is 1.10 bits per heavy atom. The van der Waals surface area contributed by atoms with Gasteiger partial charge in [0.15, 0.2) is 25.2 Å². The van der Waals surface area contributed by atoms with E-state index in [9.17, 15) is 96.7 Å². The molecule has 5 rings (SSSR count). The summed E-state index contributed by atoms with van der Waals surface area (Å²) in [6, 6.07) is -1.80. The van der Waals surface area contributed by atoms with Crippen molar-refractivity contribution in [1.82, 2.24) is 0 Å². The standard InChI is InChI=1S/C33H57NO28/c34-13-25(60-30-21(49)18(46)16(44)9(3-36)56-30)17(45)10(4-37)55-29(13)59-24-12(6-39)57-31(58-23-11(5-38)54-28(51)20(48)19(23)47)22(50)27(24)62-33(32(52)53)1-7(40)14(42)26(61-33)15(43)8(41)2-35/h7-31,35-51H,1-6,34H2,(H,52,53)/t7-,8+,9+,10+,11+,12+,13+,14+,15+,16-,17-,18-,19+,20+,21+,22+,23+,24-,25+,26+,27+,28?,29-,30-,31-,33-/m0/s1. The van der Waals surface area contributed by atoms with E-state index in [2.05, 4.69) is 0 Å². The molecule has 29 heteroatoms.